The minimum Gasteiger partial charge on any atom is -0.392 e. The SMILES string of the molecule is CC[C@H](O)[C@H](CC12OCC(C)(CO1)CO2)N(Cc1ccccc1)Cc1ccccc1. The maximum Gasteiger partial charge on any atom is 0.284 e. The maximum absolute atomic E-state index is 11.0. The second-order valence-electron chi connectivity index (χ2n) is 8.98. The molecule has 0 amide bonds. The van der Waals surface area contributed by atoms with Crippen molar-refractivity contribution in [3.8, 4) is 0 Å². The number of benzene rings is 2. The zero-order valence-electron chi connectivity index (χ0n) is 18.0. The minimum absolute atomic E-state index is 0.0750. The van der Waals surface area contributed by atoms with Gasteiger partial charge in [-0.15, -0.1) is 0 Å². The Bertz CT molecular complexity index is 731. The average molecular weight is 412 g/mol. The van der Waals surface area contributed by atoms with Crippen LogP contribution in [0, 0.1) is 5.41 Å². The molecule has 3 heterocycles. The molecule has 1 N–H and O–H groups in total. The molecule has 5 nitrogen and oxygen atoms in total. The monoisotopic (exact) mass is 411 g/mol. The van der Waals surface area contributed by atoms with Gasteiger partial charge in [0.15, 0.2) is 0 Å². The third-order valence-corrected chi connectivity index (χ3v) is 6.17. The lowest BCUT2D eigenvalue weighted by atomic mass is 9.90. The zero-order chi connectivity index (χ0) is 21.0. The molecule has 3 saturated heterocycles. The van der Waals surface area contributed by atoms with Crippen LogP contribution in [0.1, 0.15) is 37.8 Å². The summed E-state index contributed by atoms with van der Waals surface area (Å²) in [6.07, 6.45) is 0.605. The van der Waals surface area contributed by atoms with Crippen molar-refractivity contribution in [1.29, 1.82) is 0 Å². The summed E-state index contributed by atoms with van der Waals surface area (Å²) >= 11 is 0. The van der Waals surface area contributed by atoms with Crippen LogP contribution >= 0.6 is 0 Å². The molecule has 0 aliphatic carbocycles. The summed E-state index contributed by atoms with van der Waals surface area (Å²) in [5.41, 5.74) is 2.35. The molecular weight excluding hydrogens is 378 g/mol. The van der Waals surface area contributed by atoms with Gasteiger partial charge in [0.25, 0.3) is 5.97 Å². The van der Waals surface area contributed by atoms with Crippen molar-refractivity contribution in [2.45, 2.75) is 57.9 Å². The van der Waals surface area contributed by atoms with E-state index in [-0.39, 0.29) is 11.5 Å². The first-order chi connectivity index (χ1) is 14.5. The largest absolute Gasteiger partial charge is 0.392 e. The molecule has 3 fully saturated rings. The van der Waals surface area contributed by atoms with Gasteiger partial charge in [0.05, 0.1) is 25.9 Å². The molecule has 0 unspecified atom stereocenters. The van der Waals surface area contributed by atoms with Crippen LogP contribution < -0.4 is 0 Å². The van der Waals surface area contributed by atoms with Crippen LogP contribution in [-0.4, -0.2) is 47.9 Å². The standard InChI is InChI=1S/C25H33NO4/c1-3-23(27)22(14-25-28-17-24(2,18-29-25)19-30-25)26(15-20-10-6-4-7-11-20)16-21-12-8-5-9-13-21/h4-13,22-23,27H,3,14-19H2,1-2H3/t22-,23-,24?,25?/m0/s1. The zero-order valence-corrected chi connectivity index (χ0v) is 18.0. The second kappa shape index (κ2) is 9.16. The van der Waals surface area contributed by atoms with Crippen LogP contribution in [0.25, 0.3) is 0 Å². The van der Waals surface area contributed by atoms with Crippen molar-refractivity contribution in [2.75, 3.05) is 19.8 Å². The lowest BCUT2D eigenvalue weighted by Gasteiger charge is -2.52. The van der Waals surface area contributed by atoms with E-state index in [0.29, 0.717) is 32.7 Å². The molecule has 30 heavy (non-hydrogen) atoms. The minimum atomic E-state index is -1.07. The molecule has 2 aromatic carbocycles. The molecule has 0 saturated carbocycles. The van der Waals surface area contributed by atoms with E-state index in [2.05, 4.69) is 60.4 Å². The van der Waals surface area contributed by atoms with Crippen LogP contribution in [0.2, 0.25) is 0 Å². The summed E-state index contributed by atoms with van der Waals surface area (Å²) in [5.74, 6) is -1.07. The van der Waals surface area contributed by atoms with E-state index < -0.39 is 12.1 Å². The molecule has 3 aliphatic rings. The van der Waals surface area contributed by atoms with Crippen LogP contribution in [-0.2, 0) is 27.3 Å². The summed E-state index contributed by atoms with van der Waals surface area (Å²) < 4.78 is 18.2. The number of ether oxygens (including phenoxy) is 3. The van der Waals surface area contributed by atoms with Crippen molar-refractivity contribution in [1.82, 2.24) is 4.90 Å². The van der Waals surface area contributed by atoms with E-state index in [1.165, 1.54) is 11.1 Å². The summed E-state index contributed by atoms with van der Waals surface area (Å²) in [5, 5.41) is 11.0. The van der Waals surface area contributed by atoms with Gasteiger partial charge in [-0.2, -0.15) is 0 Å². The Morgan fingerprint density at radius 1 is 0.867 bits per heavy atom. The number of hydrogen-bond acceptors (Lipinski definition) is 5. The van der Waals surface area contributed by atoms with Crippen molar-refractivity contribution in [3.63, 3.8) is 0 Å². The quantitative estimate of drug-likeness (QED) is 0.677. The lowest BCUT2D eigenvalue weighted by molar-refractivity contribution is -0.470. The normalized spacial score (nSPS) is 27.9. The van der Waals surface area contributed by atoms with Gasteiger partial charge in [-0.3, -0.25) is 4.90 Å². The predicted octanol–water partition coefficient (Wildman–Crippen LogP) is 3.96. The molecule has 0 radical (unpaired) electrons. The van der Waals surface area contributed by atoms with E-state index in [1.54, 1.807) is 0 Å². The fourth-order valence-electron chi connectivity index (χ4n) is 4.24. The number of fused-ring (bicyclic) bond motifs is 3. The number of aliphatic hydroxyl groups excluding tert-OH is 1. The lowest BCUT2D eigenvalue weighted by Crippen LogP contribution is -2.61. The van der Waals surface area contributed by atoms with E-state index >= 15 is 0 Å². The first kappa shape index (κ1) is 21.5. The molecule has 5 rings (SSSR count). The molecule has 3 aliphatic heterocycles. The first-order valence-corrected chi connectivity index (χ1v) is 10.9. The highest BCUT2D eigenvalue weighted by Gasteiger charge is 2.52. The number of rotatable bonds is 9. The highest BCUT2D eigenvalue weighted by Crippen LogP contribution is 2.41. The highest BCUT2D eigenvalue weighted by molar-refractivity contribution is 5.17. The van der Waals surface area contributed by atoms with Crippen molar-refractivity contribution in [3.05, 3.63) is 71.8 Å². The second-order valence-corrected chi connectivity index (χ2v) is 8.98. The summed E-state index contributed by atoms with van der Waals surface area (Å²) in [6.45, 7) is 7.46. The molecule has 0 aromatic heterocycles. The smallest absolute Gasteiger partial charge is 0.284 e. The van der Waals surface area contributed by atoms with E-state index in [4.69, 9.17) is 14.2 Å². The van der Waals surface area contributed by atoms with Gasteiger partial charge in [-0.1, -0.05) is 74.5 Å². The van der Waals surface area contributed by atoms with Gasteiger partial charge in [-0.25, -0.2) is 0 Å². The number of aliphatic hydroxyl groups is 1. The molecule has 2 aromatic rings. The van der Waals surface area contributed by atoms with Crippen LogP contribution in [0.3, 0.4) is 0 Å². The molecule has 2 atom stereocenters. The Hall–Kier alpha value is -1.76. The predicted molar refractivity (Wildman–Crippen MR) is 116 cm³/mol. The van der Waals surface area contributed by atoms with Gasteiger partial charge in [-0.05, 0) is 17.5 Å². The summed E-state index contributed by atoms with van der Waals surface area (Å²) in [6, 6.07) is 20.6. The highest BCUT2D eigenvalue weighted by atomic mass is 16.9. The Balaban J connectivity index is 1.59. The van der Waals surface area contributed by atoms with Gasteiger partial charge in [0, 0.05) is 31.0 Å². The van der Waals surface area contributed by atoms with Gasteiger partial charge in [0.2, 0.25) is 0 Å². The van der Waals surface area contributed by atoms with E-state index in [9.17, 15) is 5.11 Å². The third kappa shape index (κ3) is 4.93. The summed E-state index contributed by atoms with van der Waals surface area (Å²) in [7, 11) is 0. The average Bonchev–Trinajstić information content (AvgIpc) is 2.79. The topological polar surface area (TPSA) is 51.2 Å². The van der Waals surface area contributed by atoms with Crippen molar-refractivity contribution < 1.29 is 19.3 Å². The van der Waals surface area contributed by atoms with Crippen molar-refractivity contribution >= 4 is 0 Å². The number of hydrogen-bond donors (Lipinski definition) is 1. The van der Waals surface area contributed by atoms with Crippen LogP contribution in [0.15, 0.2) is 60.7 Å². The van der Waals surface area contributed by atoms with Crippen LogP contribution in [0.4, 0.5) is 0 Å². The molecule has 5 heteroatoms. The Morgan fingerprint density at radius 2 is 1.33 bits per heavy atom. The van der Waals surface area contributed by atoms with Gasteiger partial charge >= 0.3 is 0 Å². The molecular formula is C25H33NO4. The Morgan fingerprint density at radius 3 is 1.77 bits per heavy atom. The Labute approximate surface area is 179 Å². The first-order valence-electron chi connectivity index (χ1n) is 10.9. The third-order valence-electron chi connectivity index (χ3n) is 6.17. The molecule has 0 spiro atoms. The fraction of sp³-hybridized carbons (Fsp3) is 0.520. The fourth-order valence-corrected chi connectivity index (χ4v) is 4.24. The Kier molecular flexibility index (Phi) is 6.56. The summed E-state index contributed by atoms with van der Waals surface area (Å²) in [4.78, 5) is 2.33. The van der Waals surface area contributed by atoms with Gasteiger partial charge in [0.1, 0.15) is 0 Å². The van der Waals surface area contributed by atoms with Crippen LogP contribution in [0.5, 0.6) is 0 Å². The van der Waals surface area contributed by atoms with E-state index in [1.807, 2.05) is 19.1 Å². The van der Waals surface area contributed by atoms with Gasteiger partial charge < -0.3 is 19.3 Å². The molecule has 2 bridgehead atoms. The molecule has 162 valence electrons. The van der Waals surface area contributed by atoms with Crippen molar-refractivity contribution in [2.24, 2.45) is 5.41 Å². The van der Waals surface area contributed by atoms with E-state index in [0.717, 1.165) is 13.1 Å². The number of nitrogens with zero attached hydrogens (tertiary/aromatic N) is 1. The maximum atomic E-state index is 11.0.